The molecule has 1 aliphatic rings. The van der Waals surface area contributed by atoms with Crippen LogP contribution in [-0.4, -0.2) is 46.2 Å². The van der Waals surface area contributed by atoms with E-state index >= 15 is 8.78 Å². The van der Waals surface area contributed by atoms with E-state index in [-0.39, 0.29) is 25.3 Å². The molecule has 0 bridgehead atoms. The highest BCUT2D eigenvalue weighted by Crippen LogP contribution is 2.41. The highest BCUT2D eigenvalue weighted by Gasteiger charge is 2.37. The van der Waals surface area contributed by atoms with Gasteiger partial charge in [0.15, 0.2) is 0 Å². The Hall–Kier alpha value is -2.06. The third kappa shape index (κ3) is 12.8. The summed E-state index contributed by atoms with van der Waals surface area (Å²) in [5, 5.41) is 2.02. The maximum Gasteiger partial charge on any atom is 0.135 e. The number of nitrogens with one attached hydrogen (secondary N) is 1. The summed E-state index contributed by atoms with van der Waals surface area (Å²) in [5.41, 5.74) is 0.110. The van der Waals surface area contributed by atoms with Gasteiger partial charge < -0.3 is 9.72 Å². The van der Waals surface area contributed by atoms with E-state index in [1.807, 2.05) is 29.2 Å². The Morgan fingerprint density at radius 1 is 0.953 bits per heavy atom. The van der Waals surface area contributed by atoms with Crippen molar-refractivity contribution in [1.82, 2.24) is 9.88 Å². The third-order valence-corrected chi connectivity index (χ3v) is 6.90. The quantitative estimate of drug-likeness (QED) is 0.132. The molecule has 43 heavy (non-hydrogen) atoms. The van der Waals surface area contributed by atoms with Crippen LogP contribution in [0.3, 0.4) is 0 Å². The van der Waals surface area contributed by atoms with E-state index in [0.29, 0.717) is 19.6 Å². The number of halogens is 5. The lowest BCUT2D eigenvalue weighted by Crippen LogP contribution is -2.43. The minimum absolute atomic E-state index is 0. The van der Waals surface area contributed by atoms with E-state index < -0.39 is 29.0 Å². The molecule has 3 aromatic rings. The van der Waals surface area contributed by atoms with Gasteiger partial charge in [-0.1, -0.05) is 74.7 Å². The van der Waals surface area contributed by atoms with Gasteiger partial charge in [0.1, 0.15) is 28.7 Å². The minimum atomic E-state index is -1.51. The van der Waals surface area contributed by atoms with Crippen molar-refractivity contribution in [3.63, 3.8) is 0 Å². The molecule has 2 aromatic carbocycles. The monoisotopic (exact) mass is 672 g/mol. The van der Waals surface area contributed by atoms with Crippen molar-refractivity contribution >= 4 is 26.8 Å². The number of aromatic amines is 1. The first-order chi connectivity index (χ1) is 19.7. The van der Waals surface area contributed by atoms with Crippen molar-refractivity contribution in [2.75, 3.05) is 25.0 Å². The van der Waals surface area contributed by atoms with Crippen molar-refractivity contribution in [3.8, 4) is 5.75 Å². The zero-order valence-electron chi connectivity index (χ0n) is 26.4. The Morgan fingerprint density at radius 3 is 2.07 bits per heavy atom. The Morgan fingerprint density at radius 2 is 1.51 bits per heavy atom. The van der Waals surface area contributed by atoms with Crippen molar-refractivity contribution in [1.29, 1.82) is 0 Å². The number of fused-ring (bicyclic) bond motifs is 3. The van der Waals surface area contributed by atoms with E-state index in [0.717, 1.165) is 53.2 Å². The fourth-order valence-corrected chi connectivity index (χ4v) is 5.31. The standard InChI is InChI=1S/C27H32BrF3N2O.C4H9F.C3H8.CH4/c1-27(2,31)17-33-13-11-20-19-9-5-6-10-23(19)32-25(20)26(33)24-21(29)15-18(16-22(24)30)34-14-8-4-3-7-12-28;1-4(2,3)5;1-3-2;/h5-6,9-10,15-16,26,32H,3-4,7-8,11-14,17H2,1-2H3;1-3H3;3H2,1-2H3;1H4. The smallest absolute Gasteiger partial charge is 0.135 e. The van der Waals surface area contributed by atoms with E-state index in [4.69, 9.17) is 4.74 Å². The van der Waals surface area contributed by atoms with Crippen LogP contribution in [0.4, 0.5) is 17.6 Å². The van der Waals surface area contributed by atoms with Crippen molar-refractivity contribution in [2.24, 2.45) is 0 Å². The average Bonchev–Trinajstić information content (AvgIpc) is 3.24. The van der Waals surface area contributed by atoms with E-state index in [1.165, 1.54) is 53.2 Å². The van der Waals surface area contributed by atoms with Crippen LogP contribution in [-0.2, 0) is 6.42 Å². The molecule has 1 N–H and O–H groups in total. The Bertz CT molecular complexity index is 1200. The number of unbranched alkanes of at least 4 members (excludes halogenated alkanes) is 3. The summed E-state index contributed by atoms with van der Waals surface area (Å²) in [6, 6.07) is 9.61. The number of ether oxygens (including phenoxy) is 1. The predicted octanol–water partition coefficient (Wildman–Crippen LogP) is 11.3. The second kappa shape index (κ2) is 18.0. The molecule has 0 spiro atoms. The topological polar surface area (TPSA) is 28.3 Å². The molecule has 0 saturated carbocycles. The van der Waals surface area contributed by atoms with Crippen molar-refractivity contribution < 1.29 is 22.3 Å². The van der Waals surface area contributed by atoms with Crippen molar-refractivity contribution in [2.45, 2.75) is 112 Å². The SMILES string of the molecule is C.CC(C)(C)F.CC(C)(F)CN1CCc2c([nH]c3ccccc23)C1c1c(F)cc(OCCCCCCBr)cc1F.CCC. The van der Waals surface area contributed by atoms with Crippen LogP contribution in [0, 0.1) is 11.6 Å². The number of nitrogens with zero attached hydrogens (tertiary/aromatic N) is 1. The molecule has 1 atom stereocenters. The molecule has 0 fully saturated rings. The molecule has 1 aliphatic heterocycles. The number of aromatic nitrogens is 1. The number of benzene rings is 2. The van der Waals surface area contributed by atoms with Gasteiger partial charge in [-0.2, -0.15) is 0 Å². The van der Waals surface area contributed by atoms with Gasteiger partial charge in [-0.25, -0.2) is 17.6 Å². The molecule has 0 saturated heterocycles. The number of alkyl halides is 3. The van der Waals surface area contributed by atoms with E-state index in [2.05, 4.69) is 34.8 Å². The summed E-state index contributed by atoms with van der Waals surface area (Å²) >= 11 is 3.41. The highest BCUT2D eigenvalue weighted by atomic mass is 79.9. The predicted molar refractivity (Wildman–Crippen MR) is 178 cm³/mol. The number of hydrogen-bond donors (Lipinski definition) is 1. The molecule has 2 heterocycles. The van der Waals surface area contributed by atoms with Crippen molar-refractivity contribution in [3.05, 3.63) is 64.9 Å². The van der Waals surface area contributed by atoms with E-state index in [9.17, 15) is 8.78 Å². The van der Waals surface area contributed by atoms with Gasteiger partial charge in [0.2, 0.25) is 0 Å². The maximum absolute atomic E-state index is 15.5. The first-order valence-corrected chi connectivity index (χ1v) is 16.2. The zero-order valence-corrected chi connectivity index (χ0v) is 27.9. The molecule has 1 aromatic heterocycles. The molecular formula is C35H53BrF4N2O. The highest BCUT2D eigenvalue weighted by molar-refractivity contribution is 9.09. The van der Waals surface area contributed by atoms with Crippen LogP contribution in [0.1, 0.15) is 111 Å². The molecule has 0 aliphatic carbocycles. The molecule has 4 rings (SSSR count). The molecule has 8 heteroatoms. The molecule has 3 nitrogen and oxygen atoms in total. The minimum Gasteiger partial charge on any atom is -0.493 e. The first-order valence-electron chi connectivity index (χ1n) is 15.1. The molecule has 0 amide bonds. The van der Waals surface area contributed by atoms with Gasteiger partial charge in [-0.3, -0.25) is 4.90 Å². The summed E-state index contributed by atoms with van der Waals surface area (Å²) in [6.07, 6.45) is 5.96. The van der Waals surface area contributed by atoms with Crippen LogP contribution in [0.25, 0.3) is 10.9 Å². The zero-order chi connectivity index (χ0) is 31.5. The summed E-state index contributed by atoms with van der Waals surface area (Å²) in [4.78, 5) is 5.21. The fourth-order valence-electron chi connectivity index (χ4n) is 4.92. The summed E-state index contributed by atoms with van der Waals surface area (Å²) < 4.78 is 63.0. The lowest BCUT2D eigenvalue weighted by Gasteiger charge is -2.38. The molecule has 244 valence electrons. The normalized spacial score (nSPS) is 15.0. The summed E-state index contributed by atoms with van der Waals surface area (Å²) in [7, 11) is 0. The molecule has 0 radical (unpaired) electrons. The molecule has 1 unspecified atom stereocenters. The number of rotatable bonds is 10. The Labute approximate surface area is 265 Å². The Kier molecular flexibility index (Phi) is 16.3. The van der Waals surface area contributed by atoms with Gasteiger partial charge in [-0.15, -0.1) is 0 Å². The van der Waals surface area contributed by atoms with Crippen LogP contribution >= 0.6 is 15.9 Å². The van der Waals surface area contributed by atoms with Gasteiger partial charge in [0.05, 0.1) is 12.6 Å². The molecular weight excluding hydrogens is 620 g/mol. The third-order valence-electron chi connectivity index (χ3n) is 6.34. The first kappa shape index (κ1) is 39.0. The second-order valence-electron chi connectivity index (χ2n) is 12.4. The fraction of sp³-hybridized carbons (Fsp3) is 0.600. The lowest BCUT2D eigenvalue weighted by molar-refractivity contribution is 0.0962. The number of hydrogen-bond acceptors (Lipinski definition) is 2. The van der Waals surface area contributed by atoms with Crippen LogP contribution in [0.15, 0.2) is 36.4 Å². The maximum atomic E-state index is 15.5. The van der Waals surface area contributed by atoms with Gasteiger partial charge in [0, 0.05) is 52.7 Å². The number of para-hydroxylation sites is 1. The summed E-state index contributed by atoms with van der Waals surface area (Å²) in [6.45, 7) is 12.8. The largest absolute Gasteiger partial charge is 0.493 e. The van der Waals surface area contributed by atoms with Crippen LogP contribution < -0.4 is 4.74 Å². The lowest BCUT2D eigenvalue weighted by atomic mass is 9.90. The second-order valence-corrected chi connectivity index (χ2v) is 13.2. The van der Waals surface area contributed by atoms with E-state index in [1.54, 1.807) is 0 Å². The van der Waals surface area contributed by atoms with Gasteiger partial charge in [0.25, 0.3) is 0 Å². The van der Waals surface area contributed by atoms with Crippen LogP contribution in [0.2, 0.25) is 0 Å². The average molecular weight is 674 g/mol. The van der Waals surface area contributed by atoms with Gasteiger partial charge >= 0.3 is 0 Å². The van der Waals surface area contributed by atoms with Crippen LogP contribution in [0.5, 0.6) is 5.75 Å². The number of H-pyrrole nitrogens is 1. The Balaban J connectivity index is 0.000000917. The summed E-state index contributed by atoms with van der Waals surface area (Å²) in [5.74, 6) is -1.16. The van der Waals surface area contributed by atoms with Gasteiger partial charge in [-0.05, 0) is 65.5 Å².